The zero-order valence-electron chi connectivity index (χ0n) is 10.5. The van der Waals surface area contributed by atoms with Crippen molar-refractivity contribution in [3.05, 3.63) is 30.3 Å². The molecule has 16 heavy (non-hydrogen) atoms. The topological polar surface area (TPSA) is 0 Å². The Morgan fingerprint density at radius 3 is 2.12 bits per heavy atom. The Hall–Kier alpha value is 0.0187. The fraction of sp³-hybridized carbons (Fsp3) is 0.600. The van der Waals surface area contributed by atoms with E-state index in [1.54, 1.807) is 3.58 Å². The van der Waals surface area contributed by atoms with Gasteiger partial charge >= 0.3 is 111 Å². The van der Waals surface area contributed by atoms with Crippen molar-refractivity contribution in [2.45, 2.75) is 56.3 Å². The van der Waals surface area contributed by atoms with Gasteiger partial charge in [0.1, 0.15) is 0 Å². The Balaban J connectivity index is 1.89. The summed E-state index contributed by atoms with van der Waals surface area (Å²) >= 11 is -0.227. The number of benzene rings is 1. The van der Waals surface area contributed by atoms with Crippen molar-refractivity contribution in [1.82, 2.24) is 0 Å². The number of rotatable bonds is 9. The molecule has 0 nitrogen and oxygen atoms in total. The minimum absolute atomic E-state index is 0.227. The zero-order valence-corrected chi connectivity index (χ0v) is 13.4. The van der Waals surface area contributed by atoms with Gasteiger partial charge in [-0.2, -0.15) is 0 Å². The minimum atomic E-state index is -0.227. The molecule has 1 aromatic rings. The second kappa shape index (κ2) is 10.2. The fourth-order valence-corrected chi connectivity index (χ4v) is 5.13. The van der Waals surface area contributed by atoms with Crippen LogP contribution in [0.5, 0.6) is 0 Å². The molecule has 0 amide bonds. The van der Waals surface area contributed by atoms with Crippen LogP contribution in [0.25, 0.3) is 0 Å². The van der Waals surface area contributed by atoms with Crippen LogP contribution < -0.4 is 3.58 Å². The van der Waals surface area contributed by atoms with Crippen LogP contribution in [-0.4, -0.2) is 21.1 Å². The van der Waals surface area contributed by atoms with Crippen LogP contribution in [0.4, 0.5) is 0 Å². The number of hydrogen-bond donors (Lipinski definition) is 0. The van der Waals surface area contributed by atoms with Gasteiger partial charge in [0.15, 0.2) is 0 Å². The summed E-state index contributed by atoms with van der Waals surface area (Å²) in [5, 5.41) is 0. The molecule has 0 spiro atoms. The summed E-state index contributed by atoms with van der Waals surface area (Å²) < 4.78 is 3.19. The first-order chi connectivity index (χ1) is 7.93. The van der Waals surface area contributed by atoms with Gasteiger partial charge in [-0.15, -0.1) is 0 Å². The van der Waals surface area contributed by atoms with Gasteiger partial charge in [0.05, 0.1) is 0 Å². The summed E-state index contributed by atoms with van der Waals surface area (Å²) in [5.74, 6) is 0. The molecular weight excluding hydrogens is 299 g/mol. The van der Waals surface area contributed by atoms with Gasteiger partial charge in [0.2, 0.25) is 0 Å². The van der Waals surface area contributed by atoms with Gasteiger partial charge in [-0.25, -0.2) is 0 Å². The SMILES string of the molecule is CCCCCCCC[CH2][Sn][c]1ccccc1. The first kappa shape index (κ1) is 14.1. The summed E-state index contributed by atoms with van der Waals surface area (Å²) in [6.45, 7) is 2.28. The summed E-state index contributed by atoms with van der Waals surface area (Å²) in [6, 6.07) is 11.1. The molecule has 88 valence electrons. The molecule has 0 heterocycles. The Bertz CT molecular complexity index is 243. The van der Waals surface area contributed by atoms with Gasteiger partial charge < -0.3 is 0 Å². The summed E-state index contributed by atoms with van der Waals surface area (Å²) in [6.07, 6.45) is 10.1. The van der Waals surface area contributed by atoms with E-state index in [1.165, 1.54) is 49.4 Å². The van der Waals surface area contributed by atoms with Crippen LogP contribution >= 0.6 is 0 Å². The molecule has 0 saturated carbocycles. The predicted octanol–water partition coefficient (Wildman–Crippen LogP) is 4.19. The standard InChI is InChI=1S/C9H19.C6H5.Sn/c1-3-5-7-9-8-6-4-2;1-2-4-6-5-3-1;/h1,3-9H2,2H3;1-5H;. The van der Waals surface area contributed by atoms with E-state index >= 15 is 0 Å². The average Bonchev–Trinajstić information content (AvgIpc) is 2.34. The quantitative estimate of drug-likeness (QED) is 0.472. The monoisotopic (exact) mass is 324 g/mol. The van der Waals surface area contributed by atoms with Crippen LogP contribution in [0.3, 0.4) is 0 Å². The molecule has 2 radical (unpaired) electrons. The van der Waals surface area contributed by atoms with Gasteiger partial charge in [0.25, 0.3) is 0 Å². The molecule has 1 rings (SSSR count). The molecule has 0 atom stereocenters. The van der Waals surface area contributed by atoms with E-state index in [4.69, 9.17) is 0 Å². The molecule has 1 aromatic carbocycles. The molecule has 0 aliphatic heterocycles. The summed E-state index contributed by atoms with van der Waals surface area (Å²) in [5.41, 5.74) is 0. The average molecular weight is 323 g/mol. The van der Waals surface area contributed by atoms with Crippen LogP contribution in [0.15, 0.2) is 30.3 Å². The van der Waals surface area contributed by atoms with Crippen molar-refractivity contribution in [3.63, 3.8) is 0 Å². The van der Waals surface area contributed by atoms with E-state index in [-0.39, 0.29) is 21.1 Å². The first-order valence-corrected chi connectivity index (χ1v) is 10.2. The zero-order chi connectivity index (χ0) is 11.5. The molecule has 0 saturated heterocycles. The van der Waals surface area contributed by atoms with Crippen LogP contribution in [0.2, 0.25) is 4.44 Å². The van der Waals surface area contributed by atoms with E-state index in [2.05, 4.69) is 37.3 Å². The van der Waals surface area contributed by atoms with Crippen molar-refractivity contribution in [2.75, 3.05) is 0 Å². The van der Waals surface area contributed by atoms with Crippen LogP contribution in [-0.2, 0) is 0 Å². The molecule has 0 N–H and O–H groups in total. The van der Waals surface area contributed by atoms with E-state index in [9.17, 15) is 0 Å². The third-order valence-corrected chi connectivity index (χ3v) is 6.72. The van der Waals surface area contributed by atoms with Gasteiger partial charge in [-0.05, 0) is 0 Å². The van der Waals surface area contributed by atoms with Crippen LogP contribution in [0, 0.1) is 0 Å². The van der Waals surface area contributed by atoms with E-state index < -0.39 is 0 Å². The molecule has 0 bridgehead atoms. The van der Waals surface area contributed by atoms with Gasteiger partial charge in [-0.1, -0.05) is 0 Å². The Labute approximate surface area is 111 Å². The van der Waals surface area contributed by atoms with Crippen molar-refractivity contribution in [1.29, 1.82) is 0 Å². The maximum absolute atomic E-state index is 2.31. The Morgan fingerprint density at radius 2 is 1.44 bits per heavy atom. The Morgan fingerprint density at radius 1 is 0.812 bits per heavy atom. The Kier molecular flexibility index (Phi) is 8.97. The first-order valence-electron chi connectivity index (χ1n) is 6.72. The summed E-state index contributed by atoms with van der Waals surface area (Å²) in [4.78, 5) is 0. The molecule has 0 aliphatic carbocycles. The molecule has 0 aliphatic rings. The van der Waals surface area contributed by atoms with Gasteiger partial charge in [-0.3, -0.25) is 0 Å². The van der Waals surface area contributed by atoms with E-state index in [1.807, 2.05) is 0 Å². The predicted molar refractivity (Wildman–Crippen MR) is 74.6 cm³/mol. The van der Waals surface area contributed by atoms with Crippen molar-refractivity contribution in [3.8, 4) is 0 Å². The molecule has 0 aromatic heterocycles. The third-order valence-electron chi connectivity index (χ3n) is 2.88. The fourth-order valence-electron chi connectivity index (χ4n) is 1.87. The molecular formula is C15H24Sn. The number of hydrogen-bond acceptors (Lipinski definition) is 0. The third kappa shape index (κ3) is 7.32. The molecule has 1 heteroatoms. The number of unbranched alkanes of at least 4 members (excludes halogenated alkanes) is 6. The normalized spacial score (nSPS) is 10.6. The maximum atomic E-state index is 2.31. The van der Waals surface area contributed by atoms with Crippen molar-refractivity contribution in [2.24, 2.45) is 0 Å². The van der Waals surface area contributed by atoms with Crippen molar-refractivity contribution < 1.29 is 0 Å². The molecule has 0 fully saturated rings. The van der Waals surface area contributed by atoms with E-state index in [0.717, 1.165) is 0 Å². The van der Waals surface area contributed by atoms with Gasteiger partial charge in [0, 0.05) is 0 Å². The molecule has 0 unspecified atom stereocenters. The second-order valence-corrected chi connectivity index (χ2v) is 8.50. The van der Waals surface area contributed by atoms with E-state index in [0.29, 0.717) is 0 Å². The summed E-state index contributed by atoms with van der Waals surface area (Å²) in [7, 11) is 0. The van der Waals surface area contributed by atoms with Crippen molar-refractivity contribution >= 4 is 24.7 Å². The second-order valence-electron chi connectivity index (χ2n) is 4.41. The van der Waals surface area contributed by atoms with Crippen LogP contribution in [0.1, 0.15) is 51.9 Å².